The number of aliphatic hydroxyl groups is 1. The van der Waals surface area contributed by atoms with Gasteiger partial charge in [-0.15, -0.1) is 0 Å². The molecule has 1 unspecified atom stereocenters. The van der Waals surface area contributed by atoms with Crippen LogP contribution >= 0.6 is 15.9 Å². The molecule has 100 valence electrons. The number of hydrogen-bond donors (Lipinski definition) is 2. The normalized spacial score (nSPS) is 12.2. The first-order valence-electron chi connectivity index (χ1n) is 5.68. The van der Waals surface area contributed by atoms with Crippen LogP contribution in [0.4, 0.5) is 14.5 Å². The molecule has 0 heterocycles. The monoisotopic (exact) mass is 327 g/mol. The van der Waals surface area contributed by atoms with Crippen molar-refractivity contribution in [1.82, 2.24) is 0 Å². The zero-order chi connectivity index (χ0) is 13.8. The summed E-state index contributed by atoms with van der Waals surface area (Å²) >= 11 is 3.36. The molecule has 0 aliphatic heterocycles. The Kier molecular flexibility index (Phi) is 4.50. The van der Waals surface area contributed by atoms with Crippen LogP contribution in [0.5, 0.6) is 0 Å². The number of anilines is 1. The molecule has 1 atom stereocenters. The van der Waals surface area contributed by atoms with Crippen LogP contribution in [-0.4, -0.2) is 11.7 Å². The van der Waals surface area contributed by atoms with E-state index in [0.29, 0.717) is 5.56 Å². The van der Waals surface area contributed by atoms with E-state index in [1.807, 2.05) is 24.3 Å². The summed E-state index contributed by atoms with van der Waals surface area (Å²) in [6.45, 7) is -0.274. The van der Waals surface area contributed by atoms with Gasteiger partial charge in [-0.25, -0.2) is 8.78 Å². The molecule has 0 amide bonds. The van der Waals surface area contributed by atoms with Crippen LogP contribution in [0.2, 0.25) is 0 Å². The molecule has 0 fully saturated rings. The Bertz CT molecular complexity index is 557. The van der Waals surface area contributed by atoms with Crippen molar-refractivity contribution in [3.8, 4) is 0 Å². The lowest BCUT2D eigenvalue weighted by Gasteiger charge is -2.19. The van der Waals surface area contributed by atoms with Crippen molar-refractivity contribution in [2.24, 2.45) is 0 Å². The van der Waals surface area contributed by atoms with Crippen LogP contribution in [0.15, 0.2) is 46.9 Å². The van der Waals surface area contributed by atoms with Gasteiger partial charge in [-0.3, -0.25) is 0 Å². The van der Waals surface area contributed by atoms with Crippen LogP contribution in [0, 0.1) is 11.6 Å². The van der Waals surface area contributed by atoms with Crippen molar-refractivity contribution >= 4 is 21.6 Å². The van der Waals surface area contributed by atoms with E-state index in [9.17, 15) is 13.9 Å². The second kappa shape index (κ2) is 6.12. The summed E-state index contributed by atoms with van der Waals surface area (Å²) in [5.41, 5.74) is 1.10. The maximum atomic E-state index is 13.2. The molecule has 19 heavy (non-hydrogen) atoms. The average molecular weight is 328 g/mol. The summed E-state index contributed by atoms with van der Waals surface area (Å²) in [7, 11) is 0. The number of para-hydroxylation sites is 1. The molecule has 0 spiro atoms. The van der Waals surface area contributed by atoms with Gasteiger partial charge < -0.3 is 10.4 Å². The highest BCUT2D eigenvalue weighted by molar-refractivity contribution is 9.10. The summed E-state index contributed by atoms with van der Waals surface area (Å²) in [6, 6.07) is 9.95. The van der Waals surface area contributed by atoms with Crippen molar-refractivity contribution in [3.63, 3.8) is 0 Å². The Morgan fingerprint density at radius 3 is 2.32 bits per heavy atom. The molecule has 5 heteroatoms. The zero-order valence-corrected chi connectivity index (χ0v) is 11.5. The minimum absolute atomic E-state index is 0.274. The first-order valence-corrected chi connectivity index (χ1v) is 6.47. The van der Waals surface area contributed by atoms with E-state index in [-0.39, 0.29) is 6.61 Å². The highest BCUT2D eigenvalue weighted by Gasteiger charge is 2.13. The first kappa shape index (κ1) is 14.0. The molecular formula is C14H12BrF2NO. The lowest BCUT2D eigenvalue weighted by molar-refractivity contribution is 0.276. The molecule has 0 bridgehead atoms. The highest BCUT2D eigenvalue weighted by atomic mass is 79.9. The number of aliphatic hydroxyl groups excluding tert-OH is 1. The van der Waals surface area contributed by atoms with Crippen molar-refractivity contribution in [3.05, 3.63) is 64.1 Å². The molecule has 0 aliphatic rings. The fourth-order valence-corrected chi connectivity index (χ4v) is 2.18. The smallest absolute Gasteiger partial charge is 0.126 e. The Labute approximate surface area is 118 Å². The van der Waals surface area contributed by atoms with Gasteiger partial charge in [0.1, 0.15) is 11.6 Å². The maximum absolute atomic E-state index is 13.2. The predicted octanol–water partition coefficient (Wildman–Crippen LogP) is 3.87. The van der Waals surface area contributed by atoms with E-state index in [2.05, 4.69) is 21.2 Å². The molecule has 0 radical (unpaired) electrons. The quantitative estimate of drug-likeness (QED) is 0.893. The van der Waals surface area contributed by atoms with Gasteiger partial charge in [-0.2, -0.15) is 0 Å². The van der Waals surface area contributed by atoms with Gasteiger partial charge in [0, 0.05) is 16.2 Å². The van der Waals surface area contributed by atoms with Crippen molar-refractivity contribution in [2.75, 3.05) is 11.9 Å². The SMILES string of the molecule is OCC(Nc1ccccc1Br)c1cc(F)cc(F)c1. The second-order valence-corrected chi connectivity index (χ2v) is 4.92. The topological polar surface area (TPSA) is 32.3 Å². The largest absolute Gasteiger partial charge is 0.394 e. The third-order valence-corrected chi connectivity index (χ3v) is 3.36. The minimum atomic E-state index is -0.664. The summed E-state index contributed by atoms with van der Waals surface area (Å²) in [6.07, 6.45) is 0. The summed E-state index contributed by atoms with van der Waals surface area (Å²) in [5.74, 6) is -1.33. The minimum Gasteiger partial charge on any atom is -0.394 e. The maximum Gasteiger partial charge on any atom is 0.126 e. The van der Waals surface area contributed by atoms with Gasteiger partial charge in [0.05, 0.1) is 12.6 Å². The number of nitrogens with one attached hydrogen (secondary N) is 1. The highest BCUT2D eigenvalue weighted by Crippen LogP contribution is 2.26. The fraction of sp³-hybridized carbons (Fsp3) is 0.143. The molecule has 2 nitrogen and oxygen atoms in total. The van der Waals surface area contributed by atoms with Crippen molar-refractivity contribution in [2.45, 2.75) is 6.04 Å². The molecule has 0 aromatic heterocycles. The third-order valence-electron chi connectivity index (χ3n) is 2.67. The van der Waals surface area contributed by atoms with E-state index >= 15 is 0 Å². The molecule has 2 rings (SSSR count). The number of benzene rings is 2. The second-order valence-electron chi connectivity index (χ2n) is 4.06. The van der Waals surface area contributed by atoms with Crippen LogP contribution in [-0.2, 0) is 0 Å². The van der Waals surface area contributed by atoms with Crippen molar-refractivity contribution < 1.29 is 13.9 Å². The zero-order valence-electron chi connectivity index (χ0n) is 9.91. The Morgan fingerprint density at radius 2 is 1.74 bits per heavy atom. The van der Waals surface area contributed by atoms with Crippen LogP contribution in [0.25, 0.3) is 0 Å². The van der Waals surface area contributed by atoms with Gasteiger partial charge in [-0.1, -0.05) is 12.1 Å². The molecule has 0 saturated heterocycles. The molecule has 0 saturated carbocycles. The van der Waals surface area contributed by atoms with Gasteiger partial charge in [0.15, 0.2) is 0 Å². The van der Waals surface area contributed by atoms with Crippen LogP contribution < -0.4 is 5.32 Å². The Morgan fingerprint density at radius 1 is 1.11 bits per heavy atom. The van der Waals surface area contributed by atoms with Crippen LogP contribution in [0.1, 0.15) is 11.6 Å². The number of rotatable bonds is 4. The Hall–Kier alpha value is -1.46. The summed E-state index contributed by atoms with van der Waals surface area (Å²) in [5, 5.41) is 12.4. The lowest BCUT2D eigenvalue weighted by Crippen LogP contribution is -2.15. The molecule has 0 aliphatic carbocycles. The Balaban J connectivity index is 2.28. The third kappa shape index (κ3) is 3.52. The molecule has 2 aromatic carbocycles. The van der Waals surface area contributed by atoms with E-state index in [1.165, 1.54) is 12.1 Å². The molecular weight excluding hydrogens is 316 g/mol. The van der Waals surface area contributed by atoms with Gasteiger partial charge in [0.2, 0.25) is 0 Å². The van der Waals surface area contributed by atoms with Gasteiger partial charge in [0.25, 0.3) is 0 Å². The average Bonchev–Trinajstić information content (AvgIpc) is 2.36. The van der Waals surface area contributed by atoms with E-state index in [4.69, 9.17) is 0 Å². The predicted molar refractivity (Wildman–Crippen MR) is 73.9 cm³/mol. The lowest BCUT2D eigenvalue weighted by atomic mass is 10.1. The van der Waals surface area contributed by atoms with E-state index in [1.54, 1.807) is 0 Å². The summed E-state index contributed by atoms with van der Waals surface area (Å²) < 4.78 is 27.2. The molecule has 2 N–H and O–H groups in total. The number of halogens is 3. The van der Waals surface area contributed by atoms with E-state index in [0.717, 1.165) is 16.2 Å². The van der Waals surface area contributed by atoms with Crippen molar-refractivity contribution in [1.29, 1.82) is 0 Å². The van der Waals surface area contributed by atoms with Gasteiger partial charge in [-0.05, 0) is 45.8 Å². The summed E-state index contributed by atoms with van der Waals surface area (Å²) in [4.78, 5) is 0. The fourth-order valence-electron chi connectivity index (χ4n) is 1.78. The van der Waals surface area contributed by atoms with Gasteiger partial charge >= 0.3 is 0 Å². The molecule has 2 aromatic rings. The number of hydrogen-bond acceptors (Lipinski definition) is 2. The first-order chi connectivity index (χ1) is 9.10. The van der Waals surface area contributed by atoms with E-state index < -0.39 is 17.7 Å². The standard InChI is InChI=1S/C14H12BrF2NO/c15-12-3-1-2-4-13(12)18-14(8-19)9-5-10(16)7-11(17)6-9/h1-7,14,18-19H,8H2. The van der Waals surface area contributed by atoms with Crippen LogP contribution in [0.3, 0.4) is 0 Å².